The normalized spacial score (nSPS) is 20.4. The van der Waals surface area contributed by atoms with Crippen molar-refractivity contribution < 1.29 is 19.2 Å². The van der Waals surface area contributed by atoms with Gasteiger partial charge in [0.05, 0.1) is 11.0 Å². The van der Waals surface area contributed by atoms with Gasteiger partial charge in [-0.15, -0.1) is 0 Å². The molecule has 11 heteroatoms. The largest absolute Gasteiger partial charge is 0.445 e. The molecule has 0 aliphatic carbocycles. The molecule has 1 aliphatic rings. The Kier molecular flexibility index (Phi) is 8.16. The number of nitro groups is 1. The fourth-order valence-corrected chi connectivity index (χ4v) is 3.90. The maximum Gasteiger partial charge on any atom is 0.410 e. The third-order valence-corrected chi connectivity index (χ3v) is 5.89. The van der Waals surface area contributed by atoms with Crippen LogP contribution in [0, 0.1) is 27.4 Å². The number of rotatable bonds is 7. The van der Waals surface area contributed by atoms with Crippen LogP contribution in [0.3, 0.4) is 0 Å². The second-order valence-electron chi connectivity index (χ2n) is 6.74. The number of nitrogens with zero attached hydrogens (tertiary/aromatic N) is 3. The molecule has 4 atom stereocenters. The number of nitrogens with one attached hydrogen (secondary N) is 1. The monoisotopic (exact) mass is 438 g/mol. The van der Waals surface area contributed by atoms with Crippen LogP contribution >= 0.6 is 25.3 Å². The molecule has 0 radical (unpaired) electrons. The van der Waals surface area contributed by atoms with E-state index in [9.17, 15) is 19.7 Å². The van der Waals surface area contributed by atoms with E-state index in [-0.39, 0.29) is 36.0 Å². The van der Waals surface area contributed by atoms with Crippen molar-refractivity contribution in [2.45, 2.75) is 36.5 Å². The van der Waals surface area contributed by atoms with E-state index in [4.69, 9.17) is 10.00 Å². The van der Waals surface area contributed by atoms with Crippen molar-refractivity contribution in [3.05, 3.63) is 39.9 Å². The fraction of sp³-hybridized carbons (Fsp3) is 0.500. The summed E-state index contributed by atoms with van der Waals surface area (Å²) in [4.78, 5) is 36.4. The van der Waals surface area contributed by atoms with Crippen LogP contribution in [-0.4, -0.2) is 51.5 Å². The molecule has 2 rings (SSSR count). The zero-order valence-electron chi connectivity index (χ0n) is 15.7. The molecule has 0 saturated carbocycles. The highest BCUT2D eigenvalue weighted by atomic mass is 32.1. The Bertz CT molecular complexity index is 798. The summed E-state index contributed by atoms with van der Waals surface area (Å²) in [6, 6.07) is 7.23. The van der Waals surface area contributed by atoms with E-state index in [1.807, 2.05) is 6.07 Å². The number of non-ortho nitro benzene ring substituents is 1. The van der Waals surface area contributed by atoms with Gasteiger partial charge in [0, 0.05) is 41.1 Å². The number of carbonyl (C=O) groups is 2. The summed E-state index contributed by atoms with van der Waals surface area (Å²) in [6.45, 7) is 1.92. The maximum absolute atomic E-state index is 12.6. The van der Waals surface area contributed by atoms with Crippen molar-refractivity contribution in [2.24, 2.45) is 5.92 Å². The predicted octanol–water partition coefficient (Wildman–Crippen LogP) is 2.18. The third kappa shape index (κ3) is 6.01. The highest BCUT2D eigenvalue weighted by molar-refractivity contribution is 7.81. The van der Waals surface area contributed by atoms with E-state index in [0.717, 1.165) is 0 Å². The van der Waals surface area contributed by atoms with E-state index in [0.29, 0.717) is 18.5 Å². The number of hydrogen-bond acceptors (Lipinski definition) is 8. The molecule has 1 saturated heterocycles. The molecule has 1 N–H and O–H groups in total. The number of hydrogen-bond donors (Lipinski definition) is 3. The SMILES string of the molecule is CC(C(=O)NCC#N)C(S)C1CC(S)CN1C(=O)OCc1ccc([N+](=O)[O-])cc1. The zero-order valence-corrected chi connectivity index (χ0v) is 17.5. The van der Waals surface area contributed by atoms with Crippen LogP contribution in [0.25, 0.3) is 0 Å². The minimum absolute atomic E-state index is 0.0350. The van der Waals surface area contributed by atoms with Crippen LogP contribution in [0.15, 0.2) is 24.3 Å². The van der Waals surface area contributed by atoms with Crippen molar-refractivity contribution in [3.8, 4) is 6.07 Å². The molecule has 4 unspecified atom stereocenters. The summed E-state index contributed by atoms with van der Waals surface area (Å²) in [7, 11) is 0. The van der Waals surface area contributed by atoms with Crippen LogP contribution < -0.4 is 5.32 Å². The molecule has 2 amide bonds. The number of thiol groups is 2. The van der Waals surface area contributed by atoms with Gasteiger partial charge in [-0.05, 0) is 24.1 Å². The lowest BCUT2D eigenvalue weighted by Crippen LogP contribution is -2.46. The summed E-state index contributed by atoms with van der Waals surface area (Å²) in [5.41, 5.74) is 0.577. The van der Waals surface area contributed by atoms with Gasteiger partial charge in [0.1, 0.15) is 13.2 Å². The molecular formula is C18H22N4O5S2. The second-order valence-corrected chi connectivity index (χ2v) is 8.07. The summed E-state index contributed by atoms with van der Waals surface area (Å²) >= 11 is 9.01. The Hall–Kier alpha value is -2.45. The summed E-state index contributed by atoms with van der Waals surface area (Å²) < 4.78 is 5.35. The average molecular weight is 439 g/mol. The Morgan fingerprint density at radius 3 is 2.69 bits per heavy atom. The molecule has 9 nitrogen and oxygen atoms in total. The smallest absolute Gasteiger partial charge is 0.410 e. The van der Waals surface area contributed by atoms with Crippen molar-refractivity contribution >= 4 is 42.9 Å². The number of nitro benzene ring substituents is 1. The highest BCUT2D eigenvalue weighted by Gasteiger charge is 2.41. The first-order valence-corrected chi connectivity index (χ1v) is 9.95. The molecule has 1 aromatic carbocycles. The molecule has 1 aromatic rings. The number of ether oxygens (including phenoxy) is 1. The first kappa shape index (κ1) is 22.8. The van der Waals surface area contributed by atoms with Crippen molar-refractivity contribution in [2.75, 3.05) is 13.1 Å². The fourth-order valence-electron chi connectivity index (χ4n) is 3.09. The lowest BCUT2D eigenvalue weighted by molar-refractivity contribution is -0.384. The molecule has 1 fully saturated rings. The number of carbonyl (C=O) groups excluding carboxylic acids is 2. The highest BCUT2D eigenvalue weighted by Crippen LogP contribution is 2.31. The molecule has 0 spiro atoms. The molecule has 1 heterocycles. The van der Waals surface area contributed by atoms with Crippen molar-refractivity contribution in [1.82, 2.24) is 10.2 Å². The van der Waals surface area contributed by atoms with E-state index in [1.54, 1.807) is 6.92 Å². The van der Waals surface area contributed by atoms with Crippen LogP contribution in [0.4, 0.5) is 10.5 Å². The summed E-state index contributed by atoms with van der Waals surface area (Å²) in [5, 5.41) is 21.3. The average Bonchev–Trinajstić information content (AvgIpc) is 3.11. The van der Waals surface area contributed by atoms with Gasteiger partial charge in [-0.3, -0.25) is 14.9 Å². The molecule has 0 bridgehead atoms. The van der Waals surface area contributed by atoms with Gasteiger partial charge in [0.15, 0.2) is 0 Å². The van der Waals surface area contributed by atoms with Crippen LogP contribution in [0.2, 0.25) is 0 Å². The van der Waals surface area contributed by atoms with Gasteiger partial charge in [-0.2, -0.15) is 30.5 Å². The first-order valence-electron chi connectivity index (χ1n) is 8.92. The lowest BCUT2D eigenvalue weighted by Gasteiger charge is -2.31. The van der Waals surface area contributed by atoms with Gasteiger partial charge in [-0.1, -0.05) is 6.92 Å². The molecular weight excluding hydrogens is 416 g/mol. The van der Waals surface area contributed by atoms with Gasteiger partial charge in [0.25, 0.3) is 5.69 Å². The Labute approximate surface area is 179 Å². The number of likely N-dealkylation sites (tertiary alicyclic amines) is 1. The predicted molar refractivity (Wildman–Crippen MR) is 112 cm³/mol. The number of nitriles is 1. The van der Waals surface area contributed by atoms with E-state index >= 15 is 0 Å². The van der Waals surface area contributed by atoms with E-state index < -0.39 is 22.2 Å². The van der Waals surface area contributed by atoms with Crippen LogP contribution in [-0.2, 0) is 16.1 Å². The van der Waals surface area contributed by atoms with Crippen LogP contribution in [0.1, 0.15) is 18.9 Å². The zero-order chi connectivity index (χ0) is 21.6. The van der Waals surface area contributed by atoms with Gasteiger partial charge in [-0.25, -0.2) is 4.79 Å². The summed E-state index contributed by atoms with van der Waals surface area (Å²) in [5.74, 6) is -0.839. The molecule has 0 aromatic heterocycles. The van der Waals surface area contributed by atoms with Crippen LogP contribution in [0.5, 0.6) is 0 Å². The standard InChI is InChI=1S/C18H22N4O5S2/c1-11(17(23)20-7-6-19)16(29)15-8-14(28)9-21(15)18(24)27-10-12-2-4-13(5-3-12)22(25)26/h2-5,11,14-16,28-29H,7-10H2,1H3,(H,20,23). The minimum Gasteiger partial charge on any atom is -0.445 e. The number of amides is 2. The van der Waals surface area contributed by atoms with E-state index in [2.05, 4.69) is 30.6 Å². The van der Waals surface area contributed by atoms with Crippen molar-refractivity contribution in [3.63, 3.8) is 0 Å². The molecule has 29 heavy (non-hydrogen) atoms. The second kappa shape index (κ2) is 10.4. The number of benzene rings is 1. The lowest BCUT2D eigenvalue weighted by atomic mass is 9.98. The quantitative estimate of drug-likeness (QED) is 0.259. The minimum atomic E-state index is -0.561. The Balaban J connectivity index is 1.99. The summed E-state index contributed by atoms with van der Waals surface area (Å²) in [6.07, 6.45) is -0.00616. The Morgan fingerprint density at radius 1 is 1.45 bits per heavy atom. The Morgan fingerprint density at radius 2 is 2.10 bits per heavy atom. The van der Waals surface area contributed by atoms with Gasteiger partial charge in [0.2, 0.25) is 5.91 Å². The van der Waals surface area contributed by atoms with Gasteiger partial charge < -0.3 is 15.0 Å². The molecule has 156 valence electrons. The topological polar surface area (TPSA) is 126 Å². The van der Waals surface area contributed by atoms with Crippen molar-refractivity contribution in [1.29, 1.82) is 5.26 Å². The first-order chi connectivity index (χ1) is 13.7. The third-order valence-electron chi connectivity index (χ3n) is 4.73. The molecule has 1 aliphatic heterocycles. The van der Waals surface area contributed by atoms with Gasteiger partial charge >= 0.3 is 6.09 Å². The maximum atomic E-state index is 12.6. The van der Waals surface area contributed by atoms with E-state index in [1.165, 1.54) is 29.2 Å².